The van der Waals surface area contributed by atoms with Crippen LogP contribution in [0.3, 0.4) is 0 Å². The van der Waals surface area contributed by atoms with Crippen LogP contribution in [-0.4, -0.2) is 48.1 Å². The molecule has 5 nitrogen and oxygen atoms in total. The Morgan fingerprint density at radius 2 is 1.92 bits per heavy atom. The largest absolute Gasteiger partial charge is 0.335 e. The highest BCUT2D eigenvalue weighted by molar-refractivity contribution is 6.30. The minimum absolute atomic E-state index is 0.0443. The molecule has 0 radical (unpaired) electrons. The van der Waals surface area contributed by atoms with Crippen molar-refractivity contribution in [2.24, 2.45) is 0 Å². The molecule has 3 rings (SSSR count). The van der Waals surface area contributed by atoms with Gasteiger partial charge in [0.1, 0.15) is 6.04 Å². The highest BCUT2D eigenvalue weighted by Crippen LogP contribution is 2.24. The number of rotatable bonds is 3. The van der Waals surface area contributed by atoms with Crippen molar-refractivity contribution in [3.8, 4) is 6.07 Å². The predicted molar refractivity (Wildman–Crippen MR) is 98.4 cm³/mol. The number of carbonyl (C=O) groups excluding carboxylic acids is 1. The molecule has 1 aromatic rings. The number of carbonyl (C=O) groups is 1. The number of nitrogens with one attached hydrogen (secondary N) is 1. The molecule has 0 spiro atoms. The van der Waals surface area contributed by atoms with Crippen LogP contribution in [0.2, 0.25) is 5.02 Å². The van der Waals surface area contributed by atoms with E-state index in [1.54, 1.807) is 0 Å². The van der Waals surface area contributed by atoms with E-state index in [1.807, 2.05) is 29.2 Å². The highest BCUT2D eigenvalue weighted by atomic mass is 35.5. The van der Waals surface area contributed by atoms with Crippen molar-refractivity contribution in [2.75, 3.05) is 26.2 Å². The summed E-state index contributed by atoms with van der Waals surface area (Å²) < 4.78 is 0. The minimum Gasteiger partial charge on any atom is -0.335 e. The first kappa shape index (κ1) is 18.0. The molecule has 134 valence electrons. The fourth-order valence-electron chi connectivity index (χ4n) is 3.74. The van der Waals surface area contributed by atoms with E-state index in [1.165, 1.54) is 19.3 Å². The van der Waals surface area contributed by atoms with E-state index < -0.39 is 0 Å². The third-order valence-electron chi connectivity index (χ3n) is 5.19. The van der Waals surface area contributed by atoms with Crippen molar-refractivity contribution in [2.45, 2.75) is 44.2 Å². The van der Waals surface area contributed by atoms with E-state index in [9.17, 15) is 10.1 Å². The lowest BCUT2D eigenvalue weighted by Crippen LogP contribution is -2.54. The zero-order valence-corrected chi connectivity index (χ0v) is 15.2. The fourth-order valence-corrected chi connectivity index (χ4v) is 3.94. The van der Waals surface area contributed by atoms with Gasteiger partial charge in [0, 0.05) is 37.2 Å². The molecule has 25 heavy (non-hydrogen) atoms. The minimum atomic E-state index is -0.317. The number of piperazine rings is 1. The zero-order chi connectivity index (χ0) is 17.6. The maximum Gasteiger partial charge on any atom is 0.317 e. The molecule has 1 heterocycles. The Balaban J connectivity index is 1.53. The Morgan fingerprint density at radius 1 is 1.20 bits per heavy atom. The topological polar surface area (TPSA) is 59.4 Å². The number of hydrogen-bond acceptors (Lipinski definition) is 3. The first-order chi connectivity index (χ1) is 12.2. The average molecular weight is 361 g/mol. The lowest BCUT2D eigenvalue weighted by Gasteiger charge is -2.37. The number of nitrogens with zero attached hydrogens (tertiary/aromatic N) is 3. The normalized spacial score (nSPS) is 20.7. The molecule has 1 unspecified atom stereocenters. The Kier molecular flexibility index (Phi) is 6.17. The van der Waals surface area contributed by atoms with Gasteiger partial charge in [-0.05, 0) is 30.5 Å². The van der Waals surface area contributed by atoms with Crippen molar-refractivity contribution in [1.29, 1.82) is 5.26 Å². The van der Waals surface area contributed by atoms with Gasteiger partial charge in [-0.2, -0.15) is 5.26 Å². The molecule has 0 aromatic heterocycles. The molecule has 2 amide bonds. The van der Waals surface area contributed by atoms with Gasteiger partial charge in [-0.15, -0.1) is 0 Å². The molecule has 0 bridgehead atoms. The Labute approximate surface area is 154 Å². The summed E-state index contributed by atoms with van der Waals surface area (Å²) in [5.74, 6) is 0. The summed E-state index contributed by atoms with van der Waals surface area (Å²) in [6, 6.07) is 9.89. The van der Waals surface area contributed by atoms with E-state index in [0.717, 1.165) is 18.4 Å². The molecule has 1 aliphatic carbocycles. The third kappa shape index (κ3) is 4.65. The molecule has 1 saturated carbocycles. The first-order valence-electron chi connectivity index (χ1n) is 9.12. The monoisotopic (exact) mass is 360 g/mol. The Hall–Kier alpha value is -1.77. The summed E-state index contributed by atoms with van der Waals surface area (Å²) >= 11 is 6.05. The van der Waals surface area contributed by atoms with Gasteiger partial charge in [-0.3, -0.25) is 4.90 Å². The molecule has 1 aromatic carbocycles. The van der Waals surface area contributed by atoms with E-state index in [0.29, 0.717) is 37.2 Å². The lowest BCUT2D eigenvalue weighted by molar-refractivity contribution is 0.121. The van der Waals surface area contributed by atoms with Crippen LogP contribution < -0.4 is 5.32 Å². The average Bonchev–Trinajstić information content (AvgIpc) is 2.64. The van der Waals surface area contributed by atoms with Gasteiger partial charge in [0.2, 0.25) is 0 Å². The van der Waals surface area contributed by atoms with Gasteiger partial charge < -0.3 is 10.2 Å². The lowest BCUT2D eigenvalue weighted by atomic mass is 9.96. The SMILES string of the molecule is N#CC(c1cccc(Cl)c1)N1CCN(C(=O)NC2CCCCC2)CC1. The molecule has 1 aliphatic heterocycles. The smallest absolute Gasteiger partial charge is 0.317 e. The van der Waals surface area contributed by atoms with Crippen LogP contribution >= 0.6 is 11.6 Å². The predicted octanol–water partition coefficient (Wildman–Crippen LogP) is 3.56. The number of amides is 2. The Morgan fingerprint density at radius 3 is 2.56 bits per heavy atom. The summed E-state index contributed by atoms with van der Waals surface area (Å²) in [6.45, 7) is 2.69. The third-order valence-corrected chi connectivity index (χ3v) is 5.42. The van der Waals surface area contributed by atoms with Gasteiger partial charge >= 0.3 is 6.03 Å². The number of urea groups is 1. The maximum atomic E-state index is 12.4. The summed E-state index contributed by atoms with van der Waals surface area (Å²) in [4.78, 5) is 16.4. The highest BCUT2D eigenvalue weighted by Gasteiger charge is 2.28. The second-order valence-corrected chi connectivity index (χ2v) is 7.33. The molecular weight excluding hydrogens is 336 g/mol. The molecule has 1 saturated heterocycles. The van der Waals surface area contributed by atoms with E-state index in [4.69, 9.17) is 11.6 Å². The van der Waals surface area contributed by atoms with E-state index in [2.05, 4.69) is 16.3 Å². The fraction of sp³-hybridized carbons (Fsp3) is 0.579. The van der Waals surface area contributed by atoms with Gasteiger partial charge in [0.05, 0.1) is 6.07 Å². The maximum absolute atomic E-state index is 12.4. The molecule has 1 N–H and O–H groups in total. The van der Waals surface area contributed by atoms with Crippen LogP contribution in [0.4, 0.5) is 4.79 Å². The van der Waals surface area contributed by atoms with E-state index >= 15 is 0 Å². The Bertz CT molecular complexity index is 631. The molecule has 6 heteroatoms. The molecule has 2 fully saturated rings. The van der Waals surface area contributed by atoms with Gasteiger partial charge in [-0.1, -0.05) is 43.0 Å². The van der Waals surface area contributed by atoms with Gasteiger partial charge in [0.25, 0.3) is 0 Å². The van der Waals surface area contributed by atoms with Crippen molar-refractivity contribution >= 4 is 17.6 Å². The van der Waals surface area contributed by atoms with Crippen LogP contribution in [0.15, 0.2) is 24.3 Å². The summed E-state index contributed by atoms with van der Waals surface area (Å²) in [6.07, 6.45) is 5.89. The van der Waals surface area contributed by atoms with Crippen molar-refractivity contribution in [1.82, 2.24) is 15.1 Å². The number of halogens is 1. The number of nitriles is 1. The van der Waals surface area contributed by atoms with Gasteiger partial charge in [0.15, 0.2) is 0 Å². The molecule has 1 atom stereocenters. The second kappa shape index (κ2) is 8.55. The standard InChI is InChI=1S/C19H25ClN4O/c20-16-6-4-5-15(13-16)18(14-21)23-9-11-24(12-10-23)19(25)22-17-7-2-1-3-8-17/h4-6,13,17-18H,1-3,7-12H2,(H,22,25). The number of benzene rings is 1. The quantitative estimate of drug-likeness (QED) is 0.896. The zero-order valence-electron chi connectivity index (χ0n) is 14.5. The van der Waals surface area contributed by atoms with Crippen LogP contribution in [0, 0.1) is 11.3 Å². The van der Waals surface area contributed by atoms with Crippen LogP contribution in [-0.2, 0) is 0 Å². The van der Waals surface area contributed by atoms with Crippen molar-refractivity contribution in [3.63, 3.8) is 0 Å². The summed E-state index contributed by atoms with van der Waals surface area (Å²) in [7, 11) is 0. The summed E-state index contributed by atoms with van der Waals surface area (Å²) in [5.41, 5.74) is 0.912. The molecular formula is C19H25ClN4O. The molecule has 2 aliphatic rings. The first-order valence-corrected chi connectivity index (χ1v) is 9.50. The van der Waals surface area contributed by atoms with Crippen molar-refractivity contribution in [3.05, 3.63) is 34.9 Å². The summed E-state index contributed by atoms with van der Waals surface area (Å²) in [5, 5.41) is 13.4. The van der Waals surface area contributed by atoms with E-state index in [-0.39, 0.29) is 12.1 Å². The van der Waals surface area contributed by atoms with Crippen LogP contribution in [0.1, 0.15) is 43.7 Å². The second-order valence-electron chi connectivity index (χ2n) is 6.89. The van der Waals surface area contributed by atoms with Gasteiger partial charge in [-0.25, -0.2) is 4.79 Å². The van der Waals surface area contributed by atoms with Crippen LogP contribution in [0.25, 0.3) is 0 Å². The van der Waals surface area contributed by atoms with Crippen LogP contribution in [0.5, 0.6) is 0 Å². The van der Waals surface area contributed by atoms with Crippen molar-refractivity contribution < 1.29 is 4.79 Å². The number of hydrogen-bond donors (Lipinski definition) is 1.